The molecular weight excluding hydrogens is 304 g/mol. The van der Waals surface area contributed by atoms with Crippen LogP contribution in [0.1, 0.15) is 13.3 Å². The lowest BCUT2D eigenvalue weighted by Crippen LogP contribution is -2.33. The zero-order chi connectivity index (χ0) is 14.7. The minimum atomic E-state index is 0.110. The maximum absolute atomic E-state index is 12.5. The number of carbonyl (C=O) groups is 1. The van der Waals surface area contributed by atoms with Gasteiger partial charge in [0, 0.05) is 16.7 Å². The van der Waals surface area contributed by atoms with E-state index in [2.05, 4.69) is 28.2 Å². The number of H-pyrrole nitrogens is 1. The number of benzene rings is 1. The van der Waals surface area contributed by atoms with Crippen LogP contribution in [0.25, 0.3) is 0 Å². The zero-order valence-corrected chi connectivity index (χ0v) is 13.3. The molecule has 0 radical (unpaired) electrons. The van der Waals surface area contributed by atoms with Gasteiger partial charge in [0.2, 0.25) is 5.91 Å². The van der Waals surface area contributed by atoms with Crippen molar-refractivity contribution in [1.82, 2.24) is 15.2 Å². The first-order valence-corrected chi connectivity index (χ1v) is 8.65. The third kappa shape index (κ3) is 3.41. The molecule has 5 nitrogen and oxygen atoms in total. The second kappa shape index (κ2) is 6.53. The number of hydrogen-bond acceptors (Lipinski definition) is 5. The van der Waals surface area contributed by atoms with Crippen LogP contribution in [0.5, 0.6) is 0 Å². The lowest BCUT2D eigenvalue weighted by Gasteiger charge is -2.22. The molecule has 7 heteroatoms. The SMILES string of the molecule is C[C@@H]1CCN(C(=O)CSc2ncn[nH]2)c2ccccc2S1. The maximum atomic E-state index is 12.5. The summed E-state index contributed by atoms with van der Waals surface area (Å²) in [5, 5.41) is 7.74. The predicted octanol–water partition coefficient (Wildman–Crippen LogP) is 2.81. The van der Waals surface area contributed by atoms with Gasteiger partial charge in [-0.3, -0.25) is 9.89 Å². The van der Waals surface area contributed by atoms with Crippen molar-refractivity contribution in [3.8, 4) is 0 Å². The highest BCUT2D eigenvalue weighted by molar-refractivity contribution is 8.00. The minimum absolute atomic E-state index is 0.110. The van der Waals surface area contributed by atoms with Crippen LogP contribution >= 0.6 is 23.5 Å². The van der Waals surface area contributed by atoms with Crippen molar-refractivity contribution < 1.29 is 4.79 Å². The standard InChI is InChI=1S/C14H16N4OS2/c1-10-6-7-18(11-4-2-3-5-12(11)21-10)13(19)8-20-14-15-9-16-17-14/h2-5,9-10H,6-8H2,1H3,(H,15,16,17)/t10-/m1/s1. The van der Waals surface area contributed by atoms with E-state index in [1.807, 2.05) is 34.9 Å². The number of amides is 1. The van der Waals surface area contributed by atoms with Crippen LogP contribution in [0.2, 0.25) is 0 Å². The molecule has 0 fully saturated rings. The largest absolute Gasteiger partial charge is 0.311 e. The summed E-state index contributed by atoms with van der Waals surface area (Å²) in [6.45, 7) is 2.97. The van der Waals surface area contributed by atoms with Gasteiger partial charge in [-0.1, -0.05) is 30.8 Å². The van der Waals surface area contributed by atoms with Crippen LogP contribution in [-0.4, -0.2) is 38.6 Å². The van der Waals surface area contributed by atoms with E-state index in [1.54, 1.807) is 0 Å². The Kier molecular flexibility index (Phi) is 4.50. The molecule has 21 heavy (non-hydrogen) atoms. The highest BCUT2D eigenvalue weighted by Crippen LogP contribution is 2.37. The fraction of sp³-hybridized carbons (Fsp3) is 0.357. The van der Waals surface area contributed by atoms with Crippen LogP contribution in [0.3, 0.4) is 0 Å². The number of thioether (sulfide) groups is 2. The van der Waals surface area contributed by atoms with Crippen molar-refractivity contribution in [1.29, 1.82) is 0 Å². The third-order valence-electron chi connectivity index (χ3n) is 3.27. The maximum Gasteiger partial charge on any atom is 0.237 e. The molecule has 0 aliphatic carbocycles. The summed E-state index contributed by atoms with van der Waals surface area (Å²) in [5.41, 5.74) is 1.02. The summed E-state index contributed by atoms with van der Waals surface area (Å²) in [6, 6.07) is 8.12. The molecule has 3 rings (SSSR count). The van der Waals surface area contributed by atoms with E-state index in [4.69, 9.17) is 0 Å². The molecule has 1 aromatic carbocycles. The molecule has 0 saturated carbocycles. The Hall–Kier alpha value is -1.47. The lowest BCUT2D eigenvalue weighted by atomic mass is 10.2. The van der Waals surface area contributed by atoms with Crippen molar-refractivity contribution in [3.63, 3.8) is 0 Å². The molecule has 2 aromatic rings. The normalized spacial score (nSPS) is 18.1. The lowest BCUT2D eigenvalue weighted by molar-refractivity contribution is -0.116. The summed E-state index contributed by atoms with van der Waals surface area (Å²) >= 11 is 3.22. The van der Waals surface area contributed by atoms with Crippen LogP contribution in [0, 0.1) is 0 Å². The summed E-state index contributed by atoms with van der Waals surface area (Å²) < 4.78 is 0. The van der Waals surface area contributed by atoms with Gasteiger partial charge in [0.05, 0.1) is 11.4 Å². The Bertz CT molecular complexity index is 617. The number of carbonyl (C=O) groups excluding carboxylic acids is 1. The number of hydrogen-bond donors (Lipinski definition) is 1. The second-order valence-electron chi connectivity index (χ2n) is 4.81. The number of anilines is 1. The molecule has 0 unspecified atom stereocenters. The average Bonchev–Trinajstić information content (AvgIpc) is 2.94. The van der Waals surface area contributed by atoms with Crippen LogP contribution < -0.4 is 4.90 Å². The van der Waals surface area contributed by atoms with Crippen molar-refractivity contribution in [3.05, 3.63) is 30.6 Å². The number of aromatic nitrogens is 3. The molecule has 1 amide bonds. The Labute approximate surface area is 131 Å². The van der Waals surface area contributed by atoms with E-state index < -0.39 is 0 Å². The minimum Gasteiger partial charge on any atom is -0.311 e. The molecule has 1 aromatic heterocycles. The average molecular weight is 320 g/mol. The van der Waals surface area contributed by atoms with E-state index >= 15 is 0 Å². The van der Waals surface area contributed by atoms with Crippen molar-refractivity contribution in [2.24, 2.45) is 0 Å². The summed E-state index contributed by atoms with van der Waals surface area (Å²) in [4.78, 5) is 19.7. The predicted molar refractivity (Wildman–Crippen MR) is 85.8 cm³/mol. The van der Waals surface area contributed by atoms with E-state index in [1.165, 1.54) is 23.0 Å². The van der Waals surface area contributed by atoms with E-state index in [-0.39, 0.29) is 5.91 Å². The highest BCUT2D eigenvalue weighted by atomic mass is 32.2. The molecule has 1 atom stereocenters. The molecule has 1 N–H and O–H groups in total. The number of aromatic amines is 1. The molecular formula is C14H16N4OS2. The fourth-order valence-corrected chi connectivity index (χ4v) is 3.99. The fourth-order valence-electron chi connectivity index (χ4n) is 2.22. The first kappa shape index (κ1) is 14.5. The molecule has 1 aliphatic rings. The van der Waals surface area contributed by atoms with Crippen LogP contribution in [0.15, 0.2) is 40.6 Å². The van der Waals surface area contributed by atoms with Gasteiger partial charge in [0.25, 0.3) is 0 Å². The Morgan fingerprint density at radius 3 is 3.19 bits per heavy atom. The van der Waals surface area contributed by atoms with Gasteiger partial charge in [-0.05, 0) is 18.6 Å². The second-order valence-corrected chi connectivity index (χ2v) is 7.25. The molecule has 1 aliphatic heterocycles. The topological polar surface area (TPSA) is 61.9 Å². The van der Waals surface area contributed by atoms with Gasteiger partial charge in [0.15, 0.2) is 5.16 Å². The Morgan fingerprint density at radius 2 is 2.38 bits per heavy atom. The summed E-state index contributed by atoms with van der Waals surface area (Å²) in [6.07, 6.45) is 2.45. The van der Waals surface area contributed by atoms with E-state index in [9.17, 15) is 4.79 Å². The van der Waals surface area contributed by atoms with Gasteiger partial charge in [-0.2, -0.15) is 5.10 Å². The molecule has 0 bridgehead atoms. The first-order chi connectivity index (χ1) is 10.2. The van der Waals surface area contributed by atoms with Gasteiger partial charge >= 0.3 is 0 Å². The molecule has 110 valence electrons. The third-order valence-corrected chi connectivity index (χ3v) is 5.37. The zero-order valence-electron chi connectivity index (χ0n) is 11.7. The molecule has 0 spiro atoms. The van der Waals surface area contributed by atoms with Gasteiger partial charge in [-0.25, -0.2) is 4.98 Å². The number of nitrogens with zero attached hydrogens (tertiary/aromatic N) is 3. The van der Waals surface area contributed by atoms with Crippen molar-refractivity contribution in [2.45, 2.75) is 28.6 Å². The van der Waals surface area contributed by atoms with Crippen molar-refractivity contribution in [2.75, 3.05) is 17.2 Å². The van der Waals surface area contributed by atoms with Gasteiger partial charge < -0.3 is 4.90 Å². The first-order valence-electron chi connectivity index (χ1n) is 6.78. The van der Waals surface area contributed by atoms with Gasteiger partial charge in [0.1, 0.15) is 6.33 Å². The number of fused-ring (bicyclic) bond motifs is 1. The summed E-state index contributed by atoms with van der Waals surface area (Å²) in [7, 11) is 0. The summed E-state index contributed by atoms with van der Waals surface area (Å²) in [5.74, 6) is 0.473. The Morgan fingerprint density at radius 1 is 1.52 bits per heavy atom. The quantitative estimate of drug-likeness (QED) is 0.881. The van der Waals surface area contributed by atoms with Crippen LogP contribution in [-0.2, 0) is 4.79 Å². The molecule has 2 heterocycles. The number of para-hydroxylation sites is 1. The van der Waals surface area contributed by atoms with Crippen LogP contribution in [0.4, 0.5) is 5.69 Å². The van der Waals surface area contributed by atoms with E-state index in [0.29, 0.717) is 16.2 Å². The highest BCUT2D eigenvalue weighted by Gasteiger charge is 2.24. The molecule has 0 saturated heterocycles. The van der Waals surface area contributed by atoms with Gasteiger partial charge in [-0.15, -0.1) is 11.8 Å². The monoisotopic (exact) mass is 320 g/mol. The number of nitrogens with one attached hydrogen (secondary N) is 1. The van der Waals surface area contributed by atoms with E-state index in [0.717, 1.165) is 18.7 Å². The Balaban J connectivity index is 1.76. The number of rotatable bonds is 3. The smallest absolute Gasteiger partial charge is 0.237 e. The van der Waals surface area contributed by atoms with Crippen molar-refractivity contribution >= 4 is 35.1 Å².